The van der Waals surface area contributed by atoms with Gasteiger partial charge in [0.25, 0.3) is 0 Å². The highest BCUT2D eigenvalue weighted by atomic mass is 16.3. The number of nitrogens with one attached hydrogen (secondary N) is 1. The van der Waals surface area contributed by atoms with Crippen molar-refractivity contribution >= 4 is 11.8 Å². The second-order valence-corrected chi connectivity index (χ2v) is 4.39. The molecule has 1 heterocycles. The van der Waals surface area contributed by atoms with Crippen molar-refractivity contribution in [2.75, 3.05) is 19.7 Å². The van der Waals surface area contributed by atoms with E-state index in [2.05, 4.69) is 5.32 Å². The SMILES string of the molecule is CC(C)N(CCO)C(=O)C1CCC(=O)NC1. The summed E-state index contributed by atoms with van der Waals surface area (Å²) < 4.78 is 0. The summed E-state index contributed by atoms with van der Waals surface area (Å²) in [4.78, 5) is 24.8. The van der Waals surface area contributed by atoms with Crippen molar-refractivity contribution in [2.45, 2.75) is 32.7 Å². The Labute approximate surface area is 95.8 Å². The number of amides is 2. The molecule has 5 heteroatoms. The van der Waals surface area contributed by atoms with E-state index >= 15 is 0 Å². The van der Waals surface area contributed by atoms with E-state index in [-0.39, 0.29) is 30.4 Å². The molecule has 1 saturated heterocycles. The Bertz CT molecular complexity index is 256. The number of aliphatic hydroxyl groups is 1. The third kappa shape index (κ3) is 3.20. The molecular weight excluding hydrogens is 208 g/mol. The number of carbonyl (C=O) groups excluding carboxylic acids is 2. The second-order valence-electron chi connectivity index (χ2n) is 4.39. The van der Waals surface area contributed by atoms with Crippen LogP contribution < -0.4 is 5.32 Å². The van der Waals surface area contributed by atoms with E-state index in [1.165, 1.54) is 0 Å². The van der Waals surface area contributed by atoms with Gasteiger partial charge >= 0.3 is 0 Å². The molecule has 92 valence electrons. The molecule has 16 heavy (non-hydrogen) atoms. The molecule has 1 aliphatic rings. The molecule has 0 radical (unpaired) electrons. The molecule has 1 atom stereocenters. The van der Waals surface area contributed by atoms with Gasteiger partial charge in [0.1, 0.15) is 0 Å². The molecule has 1 unspecified atom stereocenters. The summed E-state index contributed by atoms with van der Waals surface area (Å²) in [6.07, 6.45) is 1.03. The molecule has 0 aromatic rings. The number of hydrogen-bond donors (Lipinski definition) is 2. The zero-order valence-corrected chi connectivity index (χ0v) is 9.90. The van der Waals surface area contributed by atoms with E-state index in [1.807, 2.05) is 13.8 Å². The fourth-order valence-corrected chi connectivity index (χ4v) is 1.91. The number of rotatable bonds is 4. The predicted molar refractivity (Wildman–Crippen MR) is 59.7 cm³/mol. The van der Waals surface area contributed by atoms with E-state index < -0.39 is 0 Å². The molecule has 2 amide bonds. The van der Waals surface area contributed by atoms with E-state index in [0.29, 0.717) is 25.9 Å². The Kier molecular flexibility index (Phi) is 4.73. The van der Waals surface area contributed by atoms with Crippen LogP contribution in [-0.4, -0.2) is 47.6 Å². The summed E-state index contributed by atoms with van der Waals surface area (Å²) in [6, 6.07) is 0.0808. The lowest BCUT2D eigenvalue weighted by molar-refractivity contribution is -0.139. The van der Waals surface area contributed by atoms with Crippen LogP contribution in [0.4, 0.5) is 0 Å². The van der Waals surface area contributed by atoms with Gasteiger partial charge in [-0.25, -0.2) is 0 Å². The Hall–Kier alpha value is -1.10. The minimum Gasteiger partial charge on any atom is -0.395 e. The number of hydrogen-bond acceptors (Lipinski definition) is 3. The first-order chi connectivity index (χ1) is 7.56. The summed E-state index contributed by atoms with van der Waals surface area (Å²) in [7, 11) is 0. The number of piperidine rings is 1. The number of aliphatic hydroxyl groups excluding tert-OH is 1. The van der Waals surface area contributed by atoms with Crippen molar-refractivity contribution in [3.05, 3.63) is 0 Å². The molecular formula is C11H20N2O3. The van der Waals surface area contributed by atoms with Crippen LogP contribution in [0.2, 0.25) is 0 Å². The van der Waals surface area contributed by atoms with Crippen molar-refractivity contribution in [1.82, 2.24) is 10.2 Å². The van der Waals surface area contributed by atoms with Crippen LogP contribution in [-0.2, 0) is 9.59 Å². The fourth-order valence-electron chi connectivity index (χ4n) is 1.91. The Morgan fingerprint density at radius 3 is 2.75 bits per heavy atom. The molecule has 0 aromatic heterocycles. The molecule has 2 N–H and O–H groups in total. The minimum atomic E-state index is -0.133. The molecule has 0 bridgehead atoms. The second kappa shape index (κ2) is 5.84. The van der Waals surface area contributed by atoms with Gasteiger partial charge in [-0.15, -0.1) is 0 Å². The summed E-state index contributed by atoms with van der Waals surface area (Å²) in [6.45, 7) is 4.61. The number of carbonyl (C=O) groups is 2. The molecule has 1 aliphatic heterocycles. The molecule has 1 rings (SSSR count). The van der Waals surface area contributed by atoms with Gasteiger partial charge in [0, 0.05) is 25.6 Å². The van der Waals surface area contributed by atoms with Gasteiger partial charge in [-0.1, -0.05) is 0 Å². The third-order valence-corrected chi connectivity index (χ3v) is 2.86. The molecule has 0 aliphatic carbocycles. The van der Waals surface area contributed by atoms with Crippen LogP contribution in [0.15, 0.2) is 0 Å². The average Bonchev–Trinajstić information content (AvgIpc) is 2.25. The lowest BCUT2D eigenvalue weighted by atomic mass is 9.97. The van der Waals surface area contributed by atoms with Crippen LogP contribution in [0.5, 0.6) is 0 Å². The van der Waals surface area contributed by atoms with E-state index in [9.17, 15) is 9.59 Å². The van der Waals surface area contributed by atoms with E-state index in [0.717, 1.165) is 0 Å². The highest BCUT2D eigenvalue weighted by Crippen LogP contribution is 2.15. The fraction of sp³-hybridized carbons (Fsp3) is 0.818. The van der Waals surface area contributed by atoms with Crippen LogP contribution in [0, 0.1) is 5.92 Å². The van der Waals surface area contributed by atoms with Crippen molar-refractivity contribution in [2.24, 2.45) is 5.92 Å². The number of nitrogens with zero attached hydrogens (tertiary/aromatic N) is 1. The normalized spacial score (nSPS) is 20.8. The zero-order chi connectivity index (χ0) is 12.1. The first-order valence-corrected chi connectivity index (χ1v) is 5.74. The Balaban J connectivity index is 2.56. The predicted octanol–water partition coefficient (Wildman–Crippen LogP) is -0.258. The summed E-state index contributed by atoms with van der Waals surface area (Å²) in [5.41, 5.74) is 0. The van der Waals surface area contributed by atoms with Gasteiger partial charge in [-0.3, -0.25) is 9.59 Å². The first kappa shape index (κ1) is 13.0. The summed E-state index contributed by atoms with van der Waals surface area (Å²) in [5.74, 6) is -0.0852. The smallest absolute Gasteiger partial charge is 0.227 e. The minimum absolute atomic E-state index is 0.0160. The van der Waals surface area contributed by atoms with Crippen LogP contribution in [0.1, 0.15) is 26.7 Å². The van der Waals surface area contributed by atoms with Crippen molar-refractivity contribution < 1.29 is 14.7 Å². The lowest BCUT2D eigenvalue weighted by Gasteiger charge is -2.31. The van der Waals surface area contributed by atoms with E-state index in [4.69, 9.17) is 5.11 Å². The molecule has 0 spiro atoms. The van der Waals surface area contributed by atoms with Gasteiger partial charge in [0.15, 0.2) is 0 Å². The third-order valence-electron chi connectivity index (χ3n) is 2.86. The first-order valence-electron chi connectivity index (χ1n) is 5.74. The summed E-state index contributed by atoms with van der Waals surface area (Å²) in [5, 5.41) is 11.6. The summed E-state index contributed by atoms with van der Waals surface area (Å²) >= 11 is 0. The molecule has 5 nitrogen and oxygen atoms in total. The van der Waals surface area contributed by atoms with Gasteiger partial charge in [-0.2, -0.15) is 0 Å². The van der Waals surface area contributed by atoms with Gasteiger partial charge < -0.3 is 15.3 Å². The van der Waals surface area contributed by atoms with Gasteiger partial charge in [0.2, 0.25) is 11.8 Å². The van der Waals surface area contributed by atoms with Gasteiger partial charge in [0.05, 0.1) is 12.5 Å². The van der Waals surface area contributed by atoms with Crippen LogP contribution in [0.3, 0.4) is 0 Å². The molecule has 0 saturated carbocycles. The lowest BCUT2D eigenvalue weighted by Crippen LogP contribution is -2.48. The van der Waals surface area contributed by atoms with Crippen LogP contribution in [0.25, 0.3) is 0 Å². The monoisotopic (exact) mass is 228 g/mol. The van der Waals surface area contributed by atoms with Crippen LogP contribution >= 0.6 is 0 Å². The maximum atomic E-state index is 12.1. The maximum Gasteiger partial charge on any atom is 0.227 e. The highest BCUT2D eigenvalue weighted by Gasteiger charge is 2.29. The highest BCUT2D eigenvalue weighted by molar-refractivity contribution is 5.83. The standard InChI is InChI=1S/C11H20N2O3/c1-8(2)13(5-6-14)11(16)9-3-4-10(15)12-7-9/h8-9,14H,3-7H2,1-2H3,(H,12,15). The van der Waals surface area contributed by atoms with Crippen molar-refractivity contribution in [3.8, 4) is 0 Å². The topological polar surface area (TPSA) is 69.6 Å². The van der Waals surface area contributed by atoms with Crippen molar-refractivity contribution in [1.29, 1.82) is 0 Å². The van der Waals surface area contributed by atoms with Crippen molar-refractivity contribution in [3.63, 3.8) is 0 Å². The quantitative estimate of drug-likeness (QED) is 0.696. The molecule has 1 fully saturated rings. The molecule has 0 aromatic carbocycles. The Morgan fingerprint density at radius 2 is 2.31 bits per heavy atom. The average molecular weight is 228 g/mol. The zero-order valence-electron chi connectivity index (χ0n) is 9.90. The largest absolute Gasteiger partial charge is 0.395 e. The van der Waals surface area contributed by atoms with E-state index in [1.54, 1.807) is 4.90 Å². The maximum absolute atomic E-state index is 12.1. The Morgan fingerprint density at radius 1 is 1.62 bits per heavy atom. The van der Waals surface area contributed by atoms with Gasteiger partial charge in [-0.05, 0) is 20.3 Å².